The summed E-state index contributed by atoms with van der Waals surface area (Å²) in [5, 5.41) is 17.2. The van der Waals surface area contributed by atoms with Crippen LogP contribution in [0.1, 0.15) is 146 Å². The molecule has 7 amide bonds. The molecule has 3 fully saturated rings. The maximum absolute atomic E-state index is 15.2. The standard InChI is InChI=1S/C65H86ClF3N6O16/c1-35(2)44(31-42(76)18-13-12-14-24-75-54(79)26-37(4)59(75)82)58(81)72-46(19-16-23-71-62(70)85)48(77)29-40-21-22-43(45(27-40)65(67,68)69)60(83)73(8)39(6)61(84)90-52-32-53(78)74(9)47-28-41(30-49(87-10)56(47)66)25-36(3)17-15-20-51(88-11)64(86)33-50(89-55(80)34-64)38(5)57-63(52,7)91-57/h15,17,20-22,27-28,30,35,37-39,44,46,50-52,57,86H,12-14,16,18-19,23-26,29,31-34H2,1-11H3,(H,72,81)(H3,70,71,85)/b20-15+,36-17+/t37?,38-,39+,44+,46+,50+,51-,52+,57+,63+,64-/m1/s1. The predicted molar refractivity (Wildman–Crippen MR) is 327 cm³/mol. The number of aliphatic hydroxyl groups is 1. The molecule has 0 spiro atoms. The summed E-state index contributed by atoms with van der Waals surface area (Å²) in [7, 11) is 5.35. The van der Waals surface area contributed by atoms with Crippen molar-refractivity contribution in [2.24, 2.45) is 29.4 Å². The Labute approximate surface area is 533 Å². The van der Waals surface area contributed by atoms with Gasteiger partial charge in [-0.05, 0) is 94.2 Å². The zero-order chi connectivity index (χ0) is 67.6. The van der Waals surface area contributed by atoms with Crippen molar-refractivity contribution in [2.45, 2.75) is 186 Å². The first-order chi connectivity index (χ1) is 42.6. The topological polar surface area (TPSA) is 300 Å². The molecule has 2 aromatic carbocycles. The van der Waals surface area contributed by atoms with Crippen molar-refractivity contribution in [3.63, 3.8) is 0 Å². The number of hydrogen-bond donors (Lipinski definition) is 4. The van der Waals surface area contributed by atoms with Gasteiger partial charge in [-0.2, -0.15) is 13.2 Å². The number of likely N-dealkylation sites (tertiary alicyclic amines) is 1. The van der Waals surface area contributed by atoms with Crippen molar-refractivity contribution < 1.29 is 89.9 Å². The first kappa shape index (κ1) is 72.8. The van der Waals surface area contributed by atoms with Gasteiger partial charge in [0, 0.05) is 84.2 Å². The Balaban J connectivity index is 1.20. The van der Waals surface area contributed by atoms with E-state index in [1.807, 2.05) is 13.0 Å². The molecule has 4 heterocycles. The fourth-order valence-corrected chi connectivity index (χ4v) is 12.3. The second-order valence-electron chi connectivity index (χ2n) is 25.0. The molecule has 0 radical (unpaired) electrons. The van der Waals surface area contributed by atoms with E-state index in [2.05, 4.69) is 10.6 Å². The van der Waals surface area contributed by atoms with Gasteiger partial charge in [0.25, 0.3) is 5.91 Å². The normalized spacial score (nSPS) is 25.7. The molecule has 0 aliphatic carbocycles. The van der Waals surface area contributed by atoms with Crippen LogP contribution in [-0.2, 0) is 76.3 Å². The number of methoxy groups -OCH3 is 2. The Kier molecular flexibility index (Phi) is 24.8. The minimum Gasteiger partial charge on any atom is -0.495 e. The van der Waals surface area contributed by atoms with E-state index in [4.69, 9.17) is 41.0 Å². The number of esters is 2. The van der Waals surface area contributed by atoms with Gasteiger partial charge in [-0.1, -0.05) is 75.6 Å². The number of ketones is 2. The summed E-state index contributed by atoms with van der Waals surface area (Å²) in [6.45, 7) is 11.7. The fraction of sp³-hybridized carbons (Fsp3) is 0.600. The number of carbonyl (C=O) groups excluding carboxylic acids is 10. The molecule has 22 nitrogen and oxygen atoms in total. The van der Waals surface area contributed by atoms with Crippen molar-refractivity contribution in [2.75, 3.05) is 46.3 Å². The SMILES string of the molecule is COc1cc2cc(c1Cl)N(C)C(=O)C[C@H](OC(=O)[C@H](C)N(C)C(=O)c1ccc(CC(=O)[C@H](CCCNC(N)=O)NC(=O)[C@@H](CC(=O)CCCCCN3C(=O)CC(C)C3=O)C(C)C)cc1C(F)(F)F)[C@]1(C)O[C@H]1[C@H](C)[C@@H]1C[C@@](O)(CC(=O)O1)[C@H](OC)/C=C/C=C(\C)C2. The van der Waals surface area contributed by atoms with Gasteiger partial charge < -0.3 is 55.0 Å². The Morgan fingerprint density at radius 1 is 0.978 bits per heavy atom. The molecule has 0 aromatic heterocycles. The highest BCUT2D eigenvalue weighted by molar-refractivity contribution is 6.35. The number of nitrogens with one attached hydrogen (secondary N) is 2. The number of unbranched alkanes of at least 4 members (excludes halogenated alkanes) is 2. The number of rotatable bonds is 24. The van der Waals surface area contributed by atoms with Crippen molar-refractivity contribution in [3.05, 3.63) is 81.4 Å². The number of Topliss-reactive ketones (excluding diaryl/α,β-unsaturated/α-hetero) is 2. The Morgan fingerprint density at radius 3 is 2.31 bits per heavy atom. The third kappa shape index (κ3) is 18.3. The molecule has 91 heavy (non-hydrogen) atoms. The molecule has 3 saturated heterocycles. The Bertz CT molecular complexity index is 3160. The number of allylic oxidation sites excluding steroid dienone is 3. The monoisotopic (exact) mass is 1300 g/mol. The molecule has 500 valence electrons. The van der Waals surface area contributed by atoms with Crippen molar-refractivity contribution in [1.82, 2.24) is 20.4 Å². The van der Waals surface area contributed by atoms with Crippen LogP contribution in [0.5, 0.6) is 5.75 Å². The van der Waals surface area contributed by atoms with E-state index in [1.165, 1.54) is 38.0 Å². The van der Waals surface area contributed by atoms with E-state index in [-0.39, 0.29) is 97.2 Å². The van der Waals surface area contributed by atoms with Gasteiger partial charge in [0.2, 0.25) is 23.6 Å². The van der Waals surface area contributed by atoms with Crippen molar-refractivity contribution in [3.8, 4) is 5.75 Å². The number of fused-ring (bicyclic) bond motifs is 5. The van der Waals surface area contributed by atoms with E-state index in [1.54, 1.807) is 58.9 Å². The number of ether oxygens (including phenoxy) is 5. The second kappa shape index (κ2) is 30.9. The molecule has 26 heteroatoms. The van der Waals surface area contributed by atoms with E-state index in [0.29, 0.717) is 37.3 Å². The lowest BCUT2D eigenvalue weighted by atomic mass is 9.78. The number of amides is 7. The van der Waals surface area contributed by atoms with Crippen LogP contribution in [0.3, 0.4) is 0 Å². The predicted octanol–water partition coefficient (Wildman–Crippen LogP) is 7.33. The minimum atomic E-state index is -5.20. The summed E-state index contributed by atoms with van der Waals surface area (Å²) in [6.07, 6.45) is -4.17. The Morgan fingerprint density at radius 2 is 1.68 bits per heavy atom. The largest absolute Gasteiger partial charge is 0.495 e. The summed E-state index contributed by atoms with van der Waals surface area (Å²) in [6, 6.07) is 2.23. The molecule has 5 N–H and O–H groups in total. The average Bonchev–Trinajstić information content (AvgIpc) is 1.59. The van der Waals surface area contributed by atoms with Crippen LogP contribution in [0.15, 0.2) is 54.1 Å². The average molecular weight is 1300 g/mol. The third-order valence-corrected chi connectivity index (χ3v) is 18.2. The maximum Gasteiger partial charge on any atom is 0.417 e. The van der Waals surface area contributed by atoms with Crippen LogP contribution in [0.25, 0.3) is 0 Å². The van der Waals surface area contributed by atoms with Crippen LogP contribution in [0.2, 0.25) is 5.02 Å². The number of nitrogens with two attached hydrogens (primary N) is 1. The number of nitrogens with zero attached hydrogens (tertiary/aromatic N) is 3. The summed E-state index contributed by atoms with van der Waals surface area (Å²) < 4.78 is 75.0. The summed E-state index contributed by atoms with van der Waals surface area (Å²) in [4.78, 5) is 137. The fourth-order valence-electron chi connectivity index (χ4n) is 12.0. The zero-order valence-electron chi connectivity index (χ0n) is 53.5. The number of likely N-dealkylation sites (N-methyl/N-ethyl adjacent to an activating group) is 1. The molecule has 1 unspecified atom stereocenters. The third-order valence-electron chi connectivity index (χ3n) is 17.8. The van der Waals surface area contributed by atoms with E-state index < -0.39 is 143 Å². The van der Waals surface area contributed by atoms with Gasteiger partial charge in [-0.3, -0.25) is 43.3 Å². The zero-order valence-corrected chi connectivity index (χ0v) is 54.3. The molecule has 2 aromatic rings. The number of urea groups is 1. The van der Waals surface area contributed by atoms with Crippen LogP contribution in [0.4, 0.5) is 23.7 Å². The Hall–Kier alpha value is -7.22. The van der Waals surface area contributed by atoms with Crippen molar-refractivity contribution >= 4 is 76.4 Å². The van der Waals surface area contributed by atoms with Crippen LogP contribution in [-0.4, -0.2) is 163 Å². The summed E-state index contributed by atoms with van der Waals surface area (Å²) in [5.74, 6) is -7.99. The number of carbonyl (C=O) groups is 10. The molecule has 4 aliphatic heterocycles. The van der Waals surface area contributed by atoms with Gasteiger partial charge in [-0.25, -0.2) is 9.59 Å². The van der Waals surface area contributed by atoms with Gasteiger partial charge in [0.15, 0.2) is 5.78 Å². The summed E-state index contributed by atoms with van der Waals surface area (Å²) >= 11 is 6.83. The lowest BCUT2D eigenvalue weighted by molar-refractivity contribution is -0.187. The lowest BCUT2D eigenvalue weighted by Gasteiger charge is -2.41. The minimum absolute atomic E-state index is 0.0185. The van der Waals surface area contributed by atoms with Gasteiger partial charge in [0.05, 0.1) is 48.9 Å². The molecule has 4 aliphatic rings. The first-order valence-electron chi connectivity index (χ1n) is 30.6. The van der Waals surface area contributed by atoms with Gasteiger partial charge in [0.1, 0.15) is 52.1 Å². The number of primary amides is 1. The number of alkyl halides is 3. The van der Waals surface area contributed by atoms with E-state index in [9.17, 15) is 53.1 Å². The molecule has 4 bridgehead atoms. The van der Waals surface area contributed by atoms with Crippen LogP contribution >= 0.6 is 11.6 Å². The number of epoxide rings is 1. The highest BCUT2D eigenvalue weighted by Gasteiger charge is 2.64. The lowest BCUT2D eigenvalue weighted by Crippen LogP contribution is -2.53. The summed E-state index contributed by atoms with van der Waals surface area (Å²) in [5.41, 5.74) is 1.22. The quantitative estimate of drug-likeness (QED) is 0.0346. The van der Waals surface area contributed by atoms with Crippen LogP contribution < -0.4 is 26.0 Å². The molecular weight excluding hydrogens is 1210 g/mol. The first-order valence-corrected chi connectivity index (χ1v) is 31.0. The molecular formula is C65H86ClF3N6O16. The molecule has 0 saturated carbocycles. The number of hydrogen-bond acceptors (Lipinski definition) is 16. The van der Waals surface area contributed by atoms with E-state index in [0.717, 1.165) is 29.7 Å². The van der Waals surface area contributed by atoms with Gasteiger partial charge in [-0.15, -0.1) is 0 Å². The van der Waals surface area contributed by atoms with Crippen molar-refractivity contribution in [1.29, 1.82) is 0 Å². The number of anilines is 1. The number of benzene rings is 2. The maximum atomic E-state index is 15.2. The van der Waals surface area contributed by atoms with Gasteiger partial charge >= 0.3 is 24.1 Å². The highest BCUT2D eigenvalue weighted by Crippen LogP contribution is 2.50. The van der Waals surface area contributed by atoms with Crippen LogP contribution in [0, 0.1) is 23.7 Å². The second-order valence-corrected chi connectivity index (χ2v) is 25.4. The number of halogens is 4. The molecule has 6 rings (SSSR count). The number of imide groups is 1. The highest BCUT2D eigenvalue weighted by atomic mass is 35.5. The molecule has 11 atom stereocenters. The smallest absolute Gasteiger partial charge is 0.417 e. The van der Waals surface area contributed by atoms with E-state index >= 15 is 13.2 Å².